The van der Waals surface area contributed by atoms with Crippen molar-refractivity contribution in [1.29, 1.82) is 0 Å². The molecule has 0 rings (SSSR count). The molecule has 14 heavy (non-hydrogen) atoms. The Balaban J connectivity index is 3.50. The van der Waals surface area contributed by atoms with Gasteiger partial charge in [0.1, 0.15) is 13.2 Å². The van der Waals surface area contributed by atoms with E-state index in [1.807, 2.05) is 19.1 Å². The van der Waals surface area contributed by atoms with Gasteiger partial charge in [-0.1, -0.05) is 19.1 Å². The third kappa shape index (κ3) is 9.26. The van der Waals surface area contributed by atoms with Crippen LogP contribution in [0.4, 0.5) is 0 Å². The molecule has 0 amide bonds. The van der Waals surface area contributed by atoms with E-state index in [4.69, 9.17) is 4.74 Å². The van der Waals surface area contributed by atoms with Crippen LogP contribution in [0.3, 0.4) is 0 Å². The summed E-state index contributed by atoms with van der Waals surface area (Å²) in [5, 5.41) is 0. The highest BCUT2D eigenvalue weighted by Gasteiger charge is 2.07. The quantitative estimate of drug-likeness (QED) is 0.370. The molecular formula is C11H22NO2+. The van der Waals surface area contributed by atoms with E-state index < -0.39 is 0 Å². The van der Waals surface area contributed by atoms with E-state index in [1.165, 1.54) is 0 Å². The van der Waals surface area contributed by atoms with Gasteiger partial charge in [-0.3, -0.25) is 4.79 Å². The normalized spacial score (nSPS) is 12.0. The van der Waals surface area contributed by atoms with E-state index >= 15 is 0 Å². The van der Waals surface area contributed by atoms with Crippen molar-refractivity contribution in [3.8, 4) is 0 Å². The molecule has 0 radical (unpaired) electrons. The minimum absolute atomic E-state index is 0.136. The Morgan fingerprint density at radius 3 is 2.43 bits per heavy atom. The zero-order valence-corrected chi connectivity index (χ0v) is 9.75. The summed E-state index contributed by atoms with van der Waals surface area (Å²) in [5.74, 6) is -0.136. The maximum atomic E-state index is 11.1. The molecule has 0 aromatic carbocycles. The molecule has 0 aliphatic heterocycles. The van der Waals surface area contributed by atoms with Crippen molar-refractivity contribution in [1.82, 2.24) is 0 Å². The van der Waals surface area contributed by atoms with Gasteiger partial charge in [0.25, 0.3) is 0 Å². The molecule has 0 atom stereocenters. The number of nitrogens with zero attached hydrogens (tertiary/aromatic N) is 1. The largest absolute Gasteiger partial charge is 0.459 e. The standard InChI is InChI=1S/C11H22NO2/c1-5-6-7-8-11(13)14-10-9-12(2,3)4/h6-7H,5,8-10H2,1-4H3/q+1. The van der Waals surface area contributed by atoms with Crippen LogP contribution in [0, 0.1) is 0 Å². The molecule has 3 heteroatoms. The summed E-state index contributed by atoms with van der Waals surface area (Å²) in [4.78, 5) is 11.1. The summed E-state index contributed by atoms with van der Waals surface area (Å²) in [6.07, 6.45) is 5.19. The van der Waals surface area contributed by atoms with Crippen molar-refractivity contribution in [2.45, 2.75) is 19.8 Å². The number of likely N-dealkylation sites (N-methyl/N-ethyl adjacent to an activating group) is 1. The molecule has 0 fully saturated rings. The molecule has 0 aromatic heterocycles. The second-order valence-corrected chi connectivity index (χ2v) is 4.32. The lowest BCUT2D eigenvalue weighted by Gasteiger charge is -2.23. The fourth-order valence-corrected chi connectivity index (χ4v) is 0.838. The monoisotopic (exact) mass is 200 g/mol. The van der Waals surface area contributed by atoms with E-state index in [9.17, 15) is 4.79 Å². The number of allylic oxidation sites excluding steroid dienone is 1. The Hall–Kier alpha value is -0.830. The SMILES string of the molecule is CCC=CCC(=O)OCC[N+](C)(C)C. The van der Waals surface area contributed by atoms with E-state index in [0.717, 1.165) is 17.4 Å². The summed E-state index contributed by atoms with van der Waals surface area (Å²) in [6.45, 7) is 3.39. The number of ether oxygens (including phenoxy) is 1. The smallest absolute Gasteiger partial charge is 0.309 e. The summed E-state index contributed by atoms with van der Waals surface area (Å²) in [6, 6.07) is 0. The predicted octanol–water partition coefficient (Wildman–Crippen LogP) is 1.59. The zero-order chi connectivity index (χ0) is 11.0. The molecule has 0 bridgehead atoms. The number of rotatable bonds is 6. The van der Waals surface area contributed by atoms with Gasteiger partial charge >= 0.3 is 5.97 Å². The van der Waals surface area contributed by atoms with E-state index in [1.54, 1.807) is 0 Å². The Morgan fingerprint density at radius 1 is 1.29 bits per heavy atom. The molecule has 3 nitrogen and oxygen atoms in total. The van der Waals surface area contributed by atoms with Crippen LogP contribution in [-0.2, 0) is 9.53 Å². The fourth-order valence-electron chi connectivity index (χ4n) is 0.838. The van der Waals surface area contributed by atoms with Crippen molar-refractivity contribution >= 4 is 5.97 Å². The van der Waals surface area contributed by atoms with Gasteiger partial charge in [0.2, 0.25) is 0 Å². The zero-order valence-electron chi connectivity index (χ0n) is 9.75. The van der Waals surface area contributed by atoms with Gasteiger partial charge in [0.15, 0.2) is 0 Å². The first kappa shape index (κ1) is 13.2. The van der Waals surface area contributed by atoms with E-state index in [2.05, 4.69) is 21.1 Å². The van der Waals surface area contributed by atoms with Gasteiger partial charge < -0.3 is 9.22 Å². The highest BCUT2D eigenvalue weighted by Crippen LogP contribution is 1.93. The highest BCUT2D eigenvalue weighted by atomic mass is 16.5. The van der Waals surface area contributed by atoms with Gasteiger partial charge in [-0.15, -0.1) is 0 Å². The van der Waals surface area contributed by atoms with Crippen LogP contribution < -0.4 is 0 Å². The first-order chi connectivity index (χ1) is 6.45. The number of hydrogen-bond donors (Lipinski definition) is 0. The van der Waals surface area contributed by atoms with E-state index in [-0.39, 0.29) is 5.97 Å². The van der Waals surface area contributed by atoms with Crippen LogP contribution in [0.1, 0.15) is 19.8 Å². The van der Waals surface area contributed by atoms with E-state index in [0.29, 0.717) is 13.0 Å². The molecule has 0 N–H and O–H groups in total. The third-order valence-corrected chi connectivity index (χ3v) is 1.71. The Kier molecular flexibility index (Phi) is 6.21. The highest BCUT2D eigenvalue weighted by molar-refractivity contribution is 5.71. The molecule has 0 aliphatic rings. The molecule has 0 aromatic rings. The van der Waals surface area contributed by atoms with Crippen molar-refractivity contribution in [2.75, 3.05) is 34.3 Å². The first-order valence-electron chi connectivity index (χ1n) is 5.07. The second kappa shape index (κ2) is 6.60. The van der Waals surface area contributed by atoms with Gasteiger partial charge in [-0.05, 0) is 6.42 Å². The van der Waals surface area contributed by atoms with Crippen LogP contribution in [0.25, 0.3) is 0 Å². The van der Waals surface area contributed by atoms with Crippen LogP contribution >= 0.6 is 0 Å². The average molecular weight is 200 g/mol. The van der Waals surface area contributed by atoms with Crippen LogP contribution in [0.5, 0.6) is 0 Å². The van der Waals surface area contributed by atoms with Gasteiger partial charge in [-0.2, -0.15) is 0 Å². The summed E-state index contributed by atoms with van der Waals surface area (Å²) in [7, 11) is 6.22. The van der Waals surface area contributed by atoms with Crippen molar-refractivity contribution in [3.63, 3.8) is 0 Å². The predicted molar refractivity (Wildman–Crippen MR) is 57.9 cm³/mol. The van der Waals surface area contributed by atoms with Crippen molar-refractivity contribution in [3.05, 3.63) is 12.2 Å². The van der Waals surface area contributed by atoms with Gasteiger partial charge in [0.05, 0.1) is 27.6 Å². The molecule has 0 unspecified atom stereocenters. The molecule has 0 aliphatic carbocycles. The molecule has 0 heterocycles. The number of carbonyl (C=O) groups excluding carboxylic acids is 1. The maximum Gasteiger partial charge on any atom is 0.309 e. The lowest BCUT2D eigenvalue weighted by Crippen LogP contribution is -2.37. The molecule has 0 saturated heterocycles. The maximum absolute atomic E-state index is 11.1. The fraction of sp³-hybridized carbons (Fsp3) is 0.727. The lowest BCUT2D eigenvalue weighted by atomic mass is 10.3. The Labute approximate surface area is 86.9 Å². The molecular weight excluding hydrogens is 178 g/mol. The third-order valence-electron chi connectivity index (χ3n) is 1.71. The minimum atomic E-state index is -0.136. The van der Waals surface area contributed by atoms with Crippen LogP contribution in [-0.4, -0.2) is 44.7 Å². The second-order valence-electron chi connectivity index (χ2n) is 4.32. The first-order valence-corrected chi connectivity index (χ1v) is 5.07. The lowest BCUT2D eigenvalue weighted by molar-refractivity contribution is -0.870. The Bertz CT molecular complexity index is 192. The number of carbonyl (C=O) groups is 1. The van der Waals surface area contributed by atoms with Crippen LogP contribution in [0.15, 0.2) is 12.2 Å². The average Bonchev–Trinajstić information content (AvgIpc) is 2.02. The van der Waals surface area contributed by atoms with Crippen molar-refractivity contribution < 1.29 is 14.0 Å². The number of esters is 1. The summed E-state index contributed by atoms with van der Waals surface area (Å²) in [5.41, 5.74) is 0. The van der Waals surface area contributed by atoms with Crippen LogP contribution in [0.2, 0.25) is 0 Å². The Morgan fingerprint density at radius 2 is 1.93 bits per heavy atom. The van der Waals surface area contributed by atoms with Crippen molar-refractivity contribution in [2.24, 2.45) is 0 Å². The topological polar surface area (TPSA) is 26.3 Å². The summed E-state index contributed by atoms with van der Waals surface area (Å²) < 4.78 is 5.88. The molecule has 0 spiro atoms. The number of quaternary nitrogens is 1. The van der Waals surface area contributed by atoms with Gasteiger partial charge in [-0.25, -0.2) is 0 Å². The molecule has 0 saturated carbocycles. The van der Waals surface area contributed by atoms with Gasteiger partial charge in [0, 0.05) is 0 Å². The molecule has 82 valence electrons. The summed E-state index contributed by atoms with van der Waals surface area (Å²) >= 11 is 0. The minimum Gasteiger partial charge on any atom is -0.459 e. The number of hydrogen-bond acceptors (Lipinski definition) is 2.